The van der Waals surface area contributed by atoms with Crippen molar-refractivity contribution in [1.82, 2.24) is 4.90 Å². The lowest BCUT2D eigenvalue weighted by atomic mass is 9.71. The molecule has 3 aliphatic rings. The molecule has 2 heterocycles. The van der Waals surface area contributed by atoms with Crippen molar-refractivity contribution in [2.75, 3.05) is 36.4 Å². The van der Waals surface area contributed by atoms with Crippen LogP contribution in [0.5, 0.6) is 0 Å². The van der Waals surface area contributed by atoms with E-state index in [4.69, 9.17) is 0 Å². The van der Waals surface area contributed by atoms with E-state index in [9.17, 15) is 14.7 Å². The summed E-state index contributed by atoms with van der Waals surface area (Å²) in [6.45, 7) is 3.09. The normalized spacial score (nSPS) is 27.8. The van der Waals surface area contributed by atoms with Crippen molar-refractivity contribution in [3.8, 4) is 0 Å². The van der Waals surface area contributed by atoms with Gasteiger partial charge in [0.05, 0.1) is 5.60 Å². The monoisotopic (exact) mass is 385 g/mol. The van der Waals surface area contributed by atoms with Gasteiger partial charge in [0.25, 0.3) is 0 Å². The summed E-state index contributed by atoms with van der Waals surface area (Å²) in [5.41, 5.74) is 1.16. The Labute approximate surface area is 166 Å². The molecule has 2 unspecified atom stereocenters. The van der Waals surface area contributed by atoms with Crippen molar-refractivity contribution in [3.63, 3.8) is 0 Å². The number of carbonyl (C=O) groups excluding carboxylic acids is 2. The van der Waals surface area contributed by atoms with E-state index in [1.807, 2.05) is 24.3 Å². The molecule has 0 radical (unpaired) electrons. The zero-order chi connectivity index (χ0) is 19.6. The first kappa shape index (κ1) is 19.2. The van der Waals surface area contributed by atoms with Gasteiger partial charge in [-0.1, -0.05) is 12.8 Å². The molecule has 4 rings (SSSR count). The standard InChI is InChI=1S/C22H31N3O3/c26-20(21(27)25-15-12-22(28)11-3-2-6-17(22)16-25)23-18-7-9-19(10-8-18)24-13-4-1-5-14-24/h7-10,17,28H,1-6,11-16H2,(H,23,26). The molecule has 2 atom stereocenters. The van der Waals surface area contributed by atoms with Crippen LogP contribution in [0.25, 0.3) is 0 Å². The SMILES string of the molecule is O=C(Nc1ccc(N2CCCCC2)cc1)C(=O)N1CCC2(O)CCCCC2C1. The Hall–Kier alpha value is -2.08. The maximum atomic E-state index is 12.6. The maximum absolute atomic E-state index is 12.6. The molecule has 2 amide bonds. The van der Waals surface area contributed by atoms with Gasteiger partial charge in [0.15, 0.2) is 0 Å². The molecule has 3 fully saturated rings. The van der Waals surface area contributed by atoms with Crippen LogP contribution < -0.4 is 10.2 Å². The third kappa shape index (κ3) is 4.02. The molecular weight excluding hydrogens is 354 g/mol. The lowest BCUT2D eigenvalue weighted by Gasteiger charge is -2.47. The smallest absolute Gasteiger partial charge is 0.313 e. The number of rotatable bonds is 2. The zero-order valence-electron chi connectivity index (χ0n) is 16.5. The maximum Gasteiger partial charge on any atom is 0.313 e. The van der Waals surface area contributed by atoms with E-state index in [1.54, 1.807) is 4.90 Å². The molecule has 0 bridgehead atoms. The molecule has 6 heteroatoms. The first-order chi connectivity index (χ1) is 13.5. The van der Waals surface area contributed by atoms with Crippen LogP contribution in [-0.4, -0.2) is 53.6 Å². The number of anilines is 2. The third-order valence-corrected chi connectivity index (χ3v) is 6.76. The molecule has 1 aromatic rings. The third-order valence-electron chi connectivity index (χ3n) is 6.76. The fourth-order valence-electron chi connectivity index (χ4n) is 4.99. The van der Waals surface area contributed by atoms with Crippen molar-refractivity contribution in [3.05, 3.63) is 24.3 Å². The van der Waals surface area contributed by atoms with E-state index < -0.39 is 17.4 Å². The van der Waals surface area contributed by atoms with Crippen molar-refractivity contribution in [1.29, 1.82) is 0 Å². The Morgan fingerprint density at radius 1 is 0.964 bits per heavy atom. The van der Waals surface area contributed by atoms with Gasteiger partial charge in [-0.3, -0.25) is 9.59 Å². The number of nitrogens with zero attached hydrogens (tertiary/aromatic N) is 2. The van der Waals surface area contributed by atoms with E-state index in [0.29, 0.717) is 25.2 Å². The van der Waals surface area contributed by atoms with Crippen molar-refractivity contribution in [2.24, 2.45) is 5.92 Å². The number of hydrogen-bond donors (Lipinski definition) is 2. The molecule has 1 aromatic carbocycles. The quantitative estimate of drug-likeness (QED) is 0.768. The van der Waals surface area contributed by atoms with Crippen LogP contribution in [0.2, 0.25) is 0 Å². The van der Waals surface area contributed by atoms with Crippen LogP contribution in [0.15, 0.2) is 24.3 Å². The van der Waals surface area contributed by atoms with Crippen molar-refractivity contribution in [2.45, 2.75) is 57.0 Å². The van der Waals surface area contributed by atoms with Gasteiger partial charge in [0, 0.05) is 43.5 Å². The molecule has 152 valence electrons. The predicted molar refractivity (Wildman–Crippen MR) is 109 cm³/mol. The number of carbonyl (C=O) groups is 2. The van der Waals surface area contributed by atoms with Gasteiger partial charge < -0.3 is 20.2 Å². The van der Waals surface area contributed by atoms with Gasteiger partial charge in [-0.25, -0.2) is 0 Å². The minimum atomic E-state index is -0.643. The average molecular weight is 386 g/mol. The molecule has 1 aliphatic carbocycles. The number of fused-ring (bicyclic) bond motifs is 1. The fourth-order valence-corrected chi connectivity index (χ4v) is 4.99. The number of likely N-dealkylation sites (tertiary alicyclic amines) is 1. The summed E-state index contributed by atoms with van der Waals surface area (Å²) in [7, 11) is 0. The van der Waals surface area contributed by atoms with Crippen LogP contribution in [-0.2, 0) is 9.59 Å². The van der Waals surface area contributed by atoms with E-state index in [1.165, 1.54) is 19.3 Å². The molecule has 0 spiro atoms. The molecule has 1 saturated carbocycles. The molecular formula is C22H31N3O3. The Kier molecular flexibility index (Phi) is 5.58. The number of nitrogens with one attached hydrogen (secondary N) is 1. The van der Waals surface area contributed by atoms with Crippen LogP contribution >= 0.6 is 0 Å². The highest BCUT2D eigenvalue weighted by Gasteiger charge is 2.44. The van der Waals surface area contributed by atoms with E-state index in [0.717, 1.165) is 44.5 Å². The van der Waals surface area contributed by atoms with Gasteiger partial charge in [-0.2, -0.15) is 0 Å². The Morgan fingerprint density at radius 2 is 1.71 bits per heavy atom. The molecule has 2 N–H and O–H groups in total. The Morgan fingerprint density at radius 3 is 2.46 bits per heavy atom. The lowest BCUT2D eigenvalue weighted by molar-refractivity contribution is -0.151. The molecule has 2 saturated heterocycles. The van der Waals surface area contributed by atoms with Gasteiger partial charge in [0.2, 0.25) is 0 Å². The highest BCUT2D eigenvalue weighted by atomic mass is 16.3. The van der Waals surface area contributed by atoms with E-state index in [2.05, 4.69) is 10.2 Å². The second-order valence-corrected chi connectivity index (χ2v) is 8.60. The number of amides is 2. The first-order valence-corrected chi connectivity index (χ1v) is 10.7. The fraction of sp³-hybridized carbons (Fsp3) is 0.636. The summed E-state index contributed by atoms with van der Waals surface area (Å²) >= 11 is 0. The summed E-state index contributed by atoms with van der Waals surface area (Å²) in [5, 5.41) is 13.5. The van der Waals surface area contributed by atoms with Crippen molar-refractivity contribution < 1.29 is 14.7 Å². The number of benzene rings is 1. The van der Waals surface area contributed by atoms with Crippen LogP contribution in [0, 0.1) is 5.92 Å². The van der Waals surface area contributed by atoms with E-state index in [-0.39, 0.29) is 5.92 Å². The summed E-state index contributed by atoms with van der Waals surface area (Å²) in [4.78, 5) is 29.1. The molecule has 6 nitrogen and oxygen atoms in total. The number of piperidine rings is 2. The lowest BCUT2D eigenvalue weighted by Crippen LogP contribution is -2.56. The van der Waals surface area contributed by atoms with Gasteiger partial charge in [-0.15, -0.1) is 0 Å². The summed E-state index contributed by atoms with van der Waals surface area (Å²) < 4.78 is 0. The first-order valence-electron chi connectivity index (χ1n) is 10.7. The van der Waals surface area contributed by atoms with Crippen molar-refractivity contribution >= 4 is 23.2 Å². The Balaban J connectivity index is 1.33. The minimum Gasteiger partial charge on any atom is -0.389 e. The second-order valence-electron chi connectivity index (χ2n) is 8.60. The molecule has 28 heavy (non-hydrogen) atoms. The largest absolute Gasteiger partial charge is 0.389 e. The topological polar surface area (TPSA) is 72.9 Å². The number of aliphatic hydroxyl groups is 1. The summed E-state index contributed by atoms with van der Waals surface area (Å²) in [6.07, 6.45) is 8.19. The minimum absolute atomic E-state index is 0.0931. The van der Waals surface area contributed by atoms with Gasteiger partial charge in [-0.05, 0) is 62.8 Å². The average Bonchev–Trinajstić information content (AvgIpc) is 2.73. The highest BCUT2D eigenvalue weighted by Crippen LogP contribution is 2.39. The van der Waals surface area contributed by atoms with Gasteiger partial charge in [0.1, 0.15) is 0 Å². The second kappa shape index (κ2) is 8.11. The molecule has 0 aromatic heterocycles. The molecule has 2 aliphatic heterocycles. The highest BCUT2D eigenvalue weighted by molar-refractivity contribution is 6.39. The summed E-state index contributed by atoms with van der Waals surface area (Å²) in [6, 6.07) is 7.75. The van der Waals surface area contributed by atoms with Crippen LogP contribution in [0.1, 0.15) is 51.4 Å². The van der Waals surface area contributed by atoms with E-state index >= 15 is 0 Å². The van der Waals surface area contributed by atoms with Crippen LogP contribution in [0.3, 0.4) is 0 Å². The summed E-state index contributed by atoms with van der Waals surface area (Å²) in [5.74, 6) is -0.990. The predicted octanol–water partition coefficient (Wildman–Crippen LogP) is 2.77. The zero-order valence-corrected chi connectivity index (χ0v) is 16.5. The Bertz CT molecular complexity index is 714. The number of hydrogen-bond acceptors (Lipinski definition) is 4. The van der Waals surface area contributed by atoms with Gasteiger partial charge >= 0.3 is 11.8 Å². The van der Waals surface area contributed by atoms with Crippen LogP contribution in [0.4, 0.5) is 11.4 Å².